The lowest BCUT2D eigenvalue weighted by molar-refractivity contribution is -0.121. The van der Waals surface area contributed by atoms with Gasteiger partial charge in [0.2, 0.25) is 5.91 Å². The Kier molecular flexibility index (Phi) is 4.53. The fourth-order valence-electron chi connectivity index (χ4n) is 2.35. The third kappa shape index (κ3) is 3.55. The number of hydrogen-bond donors (Lipinski definition) is 1. The molecule has 0 radical (unpaired) electrons. The van der Waals surface area contributed by atoms with E-state index in [1.807, 2.05) is 6.92 Å². The molecule has 4 heteroatoms. The minimum absolute atomic E-state index is 0.0200. The Labute approximate surface area is 114 Å². The first-order valence-electron chi connectivity index (χ1n) is 6.76. The first-order chi connectivity index (χ1) is 9.20. The predicted molar refractivity (Wildman–Crippen MR) is 74.7 cm³/mol. The lowest BCUT2D eigenvalue weighted by Gasteiger charge is -2.31. The second-order valence-corrected chi connectivity index (χ2v) is 4.95. The van der Waals surface area contributed by atoms with Crippen LogP contribution >= 0.6 is 0 Å². The minimum atomic E-state index is -0.101. The summed E-state index contributed by atoms with van der Waals surface area (Å²) in [7, 11) is 0. The molecule has 1 amide bonds. The number of anilines is 1. The molecule has 4 nitrogen and oxygen atoms in total. The molecule has 1 atom stereocenters. The van der Waals surface area contributed by atoms with Gasteiger partial charge in [0.1, 0.15) is 0 Å². The van der Waals surface area contributed by atoms with Crippen molar-refractivity contribution in [3.8, 4) is 6.07 Å². The van der Waals surface area contributed by atoms with Crippen LogP contribution in [-0.2, 0) is 4.79 Å². The summed E-state index contributed by atoms with van der Waals surface area (Å²) in [6.07, 6.45) is 3.61. The van der Waals surface area contributed by atoms with Gasteiger partial charge in [0.05, 0.1) is 17.7 Å². The van der Waals surface area contributed by atoms with Crippen LogP contribution in [0.3, 0.4) is 0 Å². The van der Waals surface area contributed by atoms with Gasteiger partial charge >= 0.3 is 0 Å². The average Bonchev–Trinajstić information content (AvgIpc) is 2.48. The van der Waals surface area contributed by atoms with Gasteiger partial charge in [0.25, 0.3) is 0 Å². The number of amides is 1. The highest BCUT2D eigenvalue weighted by atomic mass is 16.2. The van der Waals surface area contributed by atoms with Gasteiger partial charge < -0.3 is 5.32 Å². The molecule has 1 aromatic carbocycles. The number of nitrogens with one attached hydrogen (secondary N) is 1. The van der Waals surface area contributed by atoms with Crippen molar-refractivity contribution in [2.75, 3.05) is 18.4 Å². The van der Waals surface area contributed by atoms with Crippen LogP contribution in [0.4, 0.5) is 5.69 Å². The summed E-state index contributed by atoms with van der Waals surface area (Å²) in [6.45, 7) is 3.95. The fourth-order valence-corrected chi connectivity index (χ4v) is 2.35. The molecule has 0 aromatic heterocycles. The largest absolute Gasteiger partial charge is 0.325 e. The maximum atomic E-state index is 12.1. The zero-order valence-corrected chi connectivity index (χ0v) is 11.2. The van der Waals surface area contributed by atoms with Crippen molar-refractivity contribution < 1.29 is 4.79 Å². The zero-order valence-electron chi connectivity index (χ0n) is 11.2. The van der Waals surface area contributed by atoms with Crippen molar-refractivity contribution >= 4 is 11.6 Å². The van der Waals surface area contributed by atoms with Crippen LogP contribution in [0, 0.1) is 11.3 Å². The molecule has 0 saturated carbocycles. The average molecular weight is 257 g/mol. The molecule has 1 aromatic rings. The SMILES string of the molecule is C[C@@H](C(=O)Nc1ccc(C#N)cc1)N1CCCCC1. The second-order valence-electron chi connectivity index (χ2n) is 4.95. The van der Waals surface area contributed by atoms with Crippen molar-refractivity contribution in [1.82, 2.24) is 4.90 Å². The smallest absolute Gasteiger partial charge is 0.241 e. The summed E-state index contributed by atoms with van der Waals surface area (Å²) in [4.78, 5) is 14.4. The van der Waals surface area contributed by atoms with E-state index in [1.54, 1.807) is 24.3 Å². The number of benzene rings is 1. The Morgan fingerprint density at radius 1 is 1.26 bits per heavy atom. The normalized spacial score (nSPS) is 17.5. The number of nitriles is 1. The molecule has 1 heterocycles. The Hall–Kier alpha value is -1.86. The molecule has 1 aliphatic heterocycles. The summed E-state index contributed by atoms with van der Waals surface area (Å²) in [6, 6.07) is 8.91. The maximum Gasteiger partial charge on any atom is 0.241 e. The van der Waals surface area contributed by atoms with E-state index in [-0.39, 0.29) is 11.9 Å². The maximum absolute atomic E-state index is 12.1. The summed E-state index contributed by atoms with van der Waals surface area (Å²) >= 11 is 0. The molecule has 1 aliphatic rings. The van der Waals surface area contributed by atoms with E-state index < -0.39 is 0 Å². The number of likely N-dealkylation sites (tertiary alicyclic amines) is 1. The summed E-state index contributed by atoms with van der Waals surface area (Å²) in [5.41, 5.74) is 1.34. The van der Waals surface area contributed by atoms with Crippen molar-refractivity contribution in [1.29, 1.82) is 5.26 Å². The van der Waals surface area contributed by atoms with Gasteiger partial charge in [-0.2, -0.15) is 5.26 Å². The molecule has 100 valence electrons. The Morgan fingerprint density at radius 2 is 1.89 bits per heavy atom. The summed E-state index contributed by atoms with van der Waals surface area (Å²) in [5.74, 6) is 0.0200. The van der Waals surface area contributed by atoms with Gasteiger partial charge in [-0.25, -0.2) is 0 Å². The van der Waals surface area contributed by atoms with Gasteiger partial charge in [0, 0.05) is 5.69 Å². The topological polar surface area (TPSA) is 56.1 Å². The molecule has 1 fully saturated rings. The van der Waals surface area contributed by atoms with E-state index in [4.69, 9.17) is 5.26 Å². The number of hydrogen-bond acceptors (Lipinski definition) is 3. The minimum Gasteiger partial charge on any atom is -0.325 e. The van der Waals surface area contributed by atoms with Crippen molar-refractivity contribution in [2.24, 2.45) is 0 Å². The first-order valence-corrected chi connectivity index (χ1v) is 6.76. The quantitative estimate of drug-likeness (QED) is 0.904. The van der Waals surface area contributed by atoms with E-state index in [1.165, 1.54) is 19.3 Å². The van der Waals surface area contributed by atoms with Crippen LogP contribution in [0.25, 0.3) is 0 Å². The first kappa shape index (κ1) is 13.6. The molecule has 2 rings (SSSR count). The highest BCUT2D eigenvalue weighted by Gasteiger charge is 2.22. The van der Waals surface area contributed by atoms with Crippen molar-refractivity contribution in [2.45, 2.75) is 32.2 Å². The van der Waals surface area contributed by atoms with E-state index in [0.717, 1.165) is 18.8 Å². The van der Waals surface area contributed by atoms with E-state index in [2.05, 4.69) is 16.3 Å². The van der Waals surface area contributed by atoms with E-state index in [9.17, 15) is 4.79 Å². The molecular weight excluding hydrogens is 238 g/mol. The van der Waals surface area contributed by atoms with Crippen LogP contribution in [0.1, 0.15) is 31.7 Å². The fraction of sp³-hybridized carbons (Fsp3) is 0.467. The molecule has 1 saturated heterocycles. The highest BCUT2D eigenvalue weighted by molar-refractivity contribution is 5.94. The lowest BCUT2D eigenvalue weighted by atomic mass is 10.1. The van der Waals surface area contributed by atoms with Gasteiger partial charge in [-0.3, -0.25) is 9.69 Å². The highest BCUT2D eigenvalue weighted by Crippen LogP contribution is 2.14. The molecule has 19 heavy (non-hydrogen) atoms. The third-order valence-electron chi connectivity index (χ3n) is 3.60. The van der Waals surface area contributed by atoms with Crippen LogP contribution < -0.4 is 5.32 Å². The third-order valence-corrected chi connectivity index (χ3v) is 3.60. The number of piperidine rings is 1. The van der Waals surface area contributed by atoms with Crippen molar-refractivity contribution in [3.05, 3.63) is 29.8 Å². The van der Waals surface area contributed by atoms with Gasteiger partial charge in [-0.05, 0) is 57.1 Å². The zero-order chi connectivity index (χ0) is 13.7. The van der Waals surface area contributed by atoms with Gasteiger partial charge in [-0.15, -0.1) is 0 Å². The Bertz CT molecular complexity index is 469. The lowest BCUT2D eigenvalue weighted by Crippen LogP contribution is -2.44. The van der Waals surface area contributed by atoms with E-state index in [0.29, 0.717) is 5.56 Å². The second kappa shape index (κ2) is 6.35. The Morgan fingerprint density at radius 3 is 2.47 bits per heavy atom. The molecule has 0 unspecified atom stereocenters. The van der Waals surface area contributed by atoms with Crippen LogP contribution in [0.5, 0.6) is 0 Å². The van der Waals surface area contributed by atoms with Gasteiger partial charge in [-0.1, -0.05) is 6.42 Å². The molecular formula is C15H19N3O. The predicted octanol–water partition coefficient (Wildman–Crippen LogP) is 2.37. The van der Waals surface area contributed by atoms with Gasteiger partial charge in [0.15, 0.2) is 0 Å². The van der Waals surface area contributed by atoms with Crippen LogP contribution in [0.2, 0.25) is 0 Å². The number of carbonyl (C=O) groups excluding carboxylic acids is 1. The van der Waals surface area contributed by atoms with Crippen LogP contribution in [0.15, 0.2) is 24.3 Å². The summed E-state index contributed by atoms with van der Waals surface area (Å²) < 4.78 is 0. The van der Waals surface area contributed by atoms with E-state index >= 15 is 0 Å². The molecule has 1 N–H and O–H groups in total. The summed E-state index contributed by atoms with van der Waals surface area (Å²) in [5, 5.41) is 11.6. The standard InChI is InChI=1S/C15H19N3O/c1-12(18-9-3-2-4-10-18)15(19)17-14-7-5-13(11-16)6-8-14/h5-8,12H,2-4,9-10H2,1H3,(H,17,19)/t12-/m0/s1. The monoisotopic (exact) mass is 257 g/mol. The molecule has 0 bridgehead atoms. The number of carbonyl (C=O) groups is 1. The number of nitrogens with zero attached hydrogens (tertiary/aromatic N) is 2. The molecule has 0 aliphatic carbocycles. The Balaban J connectivity index is 1.93. The molecule has 0 spiro atoms. The van der Waals surface area contributed by atoms with Crippen molar-refractivity contribution in [3.63, 3.8) is 0 Å². The van der Waals surface area contributed by atoms with Crippen LogP contribution in [-0.4, -0.2) is 29.9 Å². The number of rotatable bonds is 3.